The normalized spacial score (nSPS) is 11.5. The molecule has 1 aromatic heterocycles. The summed E-state index contributed by atoms with van der Waals surface area (Å²) in [6.45, 7) is 0.354. The number of halogens is 2. The minimum atomic E-state index is -2.81. The topological polar surface area (TPSA) is 49.8 Å². The zero-order chi connectivity index (χ0) is 18.2. The van der Waals surface area contributed by atoms with Crippen molar-refractivity contribution in [1.29, 1.82) is 0 Å². The van der Waals surface area contributed by atoms with Gasteiger partial charge in [-0.15, -0.1) is 0 Å². The van der Waals surface area contributed by atoms with Crippen molar-refractivity contribution in [3.63, 3.8) is 0 Å². The molecule has 7 heteroatoms. The van der Waals surface area contributed by atoms with Crippen molar-refractivity contribution in [2.24, 2.45) is 4.99 Å². The Hall–Kier alpha value is -2.70. The minimum absolute atomic E-state index is 0.148. The van der Waals surface area contributed by atoms with Gasteiger partial charge < -0.3 is 15.0 Å². The van der Waals surface area contributed by atoms with Crippen LogP contribution in [0, 0.1) is 6.92 Å². The van der Waals surface area contributed by atoms with Gasteiger partial charge in [0.25, 0.3) is 0 Å². The van der Waals surface area contributed by atoms with Crippen LogP contribution in [0.2, 0.25) is 0 Å². The second-order valence-corrected chi connectivity index (χ2v) is 5.55. The fraction of sp³-hybridized carbons (Fsp3) is 0.333. The number of nitrogens with one attached hydrogen (secondary N) is 1. The smallest absolute Gasteiger partial charge is 0.387 e. The molecule has 0 radical (unpaired) electrons. The summed E-state index contributed by atoms with van der Waals surface area (Å²) in [7, 11) is 3.62. The molecule has 1 N–H and O–H groups in total. The fourth-order valence-electron chi connectivity index (χ4n) is 2.38. The van der Waals surface area contributed by atoms with Crippen molar-refractivity contribution in [3.8, 4) is 5.75 Å². The Bertz CT molecular complexity index is 704. The average molecular weight is 348 g/mol. The molecule has 134 valence electrons. The third-order valence-corrected chi connectivity index (χ3v) is 3.67. The molecule has 0 amide bonds. The van der Waals surface area contributed by atoms with Crippen molar-refractivity contribution in [2.45, 2.75) is 26.6 Å². The third-order valence-electron chi connectivity index (χ3n) is 3.67. The highest BCUT2D eigenvalue weighted by atomic mass is 19.3. The van der Waals surface area contributed by atoms with Crippen molar-refractivity contribution < 1.29 is 13.5 Å². The summed E-state index contributed by atoms with van der Waals surface area (Å²) in [5.74, 6) is 0.868. The Morgan fingerprint density at radius 3 is 2.60 bits per heavy atom. The number of ether oxygens (including phenoxy) is 1. The molecule has 2 aromatic rings. The van der Waals surface area contributed by atoms with Gasteiger partial charge in [0, 0.05) is 26.8 Å². The SMILES string of the molecule is CN=C(NCc1ncccc1C)N(C)Cc1ccc(OC(F)F)cc1. The fourth-order valence-corrected chi connectivity index (χ4v) is 2.38. The van der Waals surface area contributed by atoms with Gasteiger partial charge in [0.05, 0.1) is 12.2 Å². The predicted octanol–water partition coefficient (Wildman–Crippen LogP) is 3.20. The van der Waals surface area contributed by atoms with E-state index in [1.165, 1.54) is 12.1 Å². The van der Waals surface area contributed by atoms with Crippen molar-refractivity contribution in [1.82, 2.24) is 15.2 Å². The maximum atomic E-state index is 12.2. The van der Waals surface area contributed by atoms with E-state index in [4.69, 9.17) is 0 Å². The van der Waals surface area contributed by atoms with E-state index < -0.39 is 6.61 Å². The Morgan fingerprint density at radius 2 is 2.00 bits per heavy atom. The third kappa shape index (κ3) is 5.70. The highest BCUT2D eigenvalue weighted by Crippen LogP contribution is 2.15. The first-order chi connectivity index (χ1) is 12.0. The van der Waals surface area contributed by atoms with Crippen LogP contribution in [0.15, 0.2) is 47.6 Å². The number of benzene rings is 1. The van der Waals surface area contributed by atoms with Gasteiger partial charge >= 0.3 is 6.61 Å². The maximum absolute atomic E-state index is 12.2. The van der Waals surface area contributed by atoms with Gasteiger partial charge in [0.15, 0.2) is 5.96 Å². The molecule has 0 saturated carbocycles. The molecule has 2 rings (SSSR count). The molecule has 0 unspecified atom stereocenters. The molecular weight excluding hydrogens is 326 g/mol. The van der Waals surface area contributed by atoms with E-state index in [0.717, 1.165) is 22.8 Å². The monoisotopic (exact) mass is 348 g/mol. The molecule has 0 aliphatic heterocycles. The molecule has 0 fully saturated rings. The molecule has 0 saturated heterocycles. The number of rotatable bonds is 6. The van der Waals surface area contributed by atoms with E-state index in [1.54, 1.807) is 25.4 Å². The van der Waals surface area contributed by atoms with Gasteiger partial charge in [-0.2, -0.15) is 8.78 Å². The molecule has 25 heavy (non-hydrogen) atoms. The summed E-state index contributed by atoms with van der Waals surface area (Å²) >= 11 is 0. The number of pyridine rings is 1. The highest BCUT2D eigenvalue weighted by molar-refractivity contribution is 5.79. The number of aliphatic imine (C=N–C) groups is 1. The summed E-state index contributed by atoms with van der Waals surface area (Å²) in [6, 6.07) is 10.5. The summed E-state index contributed by atoms with van der Waals surface area (Å²) in [4.78, 5) is 10.6. The molecule has 0 aliphatic carbocycles. The number of alkyl halides is 2. The summed E-state index contributed by atoms with van der Waals surface area (Å²) in [5.41, 5.74) is 3.04. The summed E-state index contributed by atoms with van der Waals surface area (Å²) in [6.07, 6.45) is 1.76. The minimum Gasteiger partial charge on any atom is -0.435 e. The van der Waals surface area contributed by atoms with Crippen molar-refractivity contribution in [3.05, 3.63) is 59.4 Å². The summed E-state index contributed by atoms with van der Waals surface area (Å²) in [5, 5.41) is 3.27. The van der Waals surface area contributed by atoms with Crippen LogP contribution in [0.4, 0.5) is 8.78 Å². The lowest BCUT2D eigenvalue weighted by Gasteiger charge is -2.22. The Balaban J connectivity index is 1.93. The number of nitrogens with zero attached hydrogens (tertiary/aromatic N) is 3. The second-order valence-electron chi connectivity index (χ2n) is 5.55. The summed E-state index contributed by atoms with van der Waals surface area (Å²) < 4.78 is 28.7. The van der Waals surface area contributed by atoms with E-state index in [1.807, 2.05) is 31.0 Å². The van der Waals surface area contributed by atoms with Crippen LogP contribution in [0.1, 0.15) is 16.8 Å². The van der Waals surface area contributed by atoms with Gasteiger partial charge in [-0.05, 0) is 36.2 Å². The highest BCUT2D eigenvalue weighted by Gasteiger charge is 2.09. The van der Waals surface area contributed by atoms with Crippen LogP contribution < -0.4 is 10.1 Å². The molecule has 1 heterocycles. The van der Waals surface area contributed by atoms with E-state index in [-0.39, 0.29) is 5.75 Å². The Kier molecular flexibility index (Phi) is 6.68. The first-order valence-corrected chi connectivity index (χ1v) is 7.85. The number of hydrogen-bond donors (Lipinski definition) is 1. The molecular formula is C18H22F2N4O. The van der Waals surface area contributed by atoms with E-state index in [0.29, 0.717) is 13.1 Å². The van der Waals surface area contributed by atoms with E-state index in [2.05, 4.69) is 20.0 Å². The molecule has 0 bridgehead atoms. The molecule has 0 spiro atoms. The number of aryl methyl sites for hydroxylation is 1. The number of aromatic nitrogens is 1. The van der Waals surface area contributed by atoms with Crippen LogP contribution in [0.3, 0.4) is 0 Å². The van der Waals surface area contributed by atoms with Crippen LogP contribution in [0.25, 0.3) is 0 Å². The standard InChI is InChI=1S/C18H22F2N4O/c1-13-5-4-10-22-16(13)11-23-18(21-2)24(3)12-14-6-8-15(9-7-14)25-17(19)20/h4-10,17H,11-12H2,1-3H3,(H,21,23). The van der Waals surface area contributed by atoms with Gasteiger partial charge in [0.1, 0.15) is 5.75 Å². The molecule has 5 nitrogen and oxygen atoms in total. The average Bonchev–Trinajstić information content (AvgIpc) is 2.58. The Labute approximate surface area is 146 Å². The van der Waals surface area contributed by atoms with E-state index >= 15 is 0 Å². The lowest BCUT2D eigenvalue weighted by Crippen LogP contribution is -2.38. The van der Waals surface area contributed by atoms with Crippen LogP contribution >= 0.6 is 0 Å². The van der Waals surface area contributed by atoms with Gasteiger partial charge in [-0.1, -0.05) is 18.2 Å². The zero-order valence-electron chi connectivity index (χ0n) is 14.5. The van der Waals surface area contributed by atoms with Crippen LogP contribution in [-0.2, 0) is 13.1 Å². The quantitative estimate of drug-likeness (QED) is 0.643. The predicted molar refractivity (Wildman–Crippen MR) is 93.7 cm³/mol. The molecule has 0 aliphatic rings. The van der Waals surface area contributed by atoms with Crippen LogP contribution in [-0.4, -0.2) is 36.6 Å². The van der Waals surface area contributed by atoms with Gasteiger partial charge in [-0.25, -0.2) is 0 Å². The first kappa shape index (κ1) is 18.6. The Morgan fingerprint density at radius 1 is 1.28 bits per heavy atom. The second kappa shape index (κ2) is 8.96. The van der Waals surface area contributed by atoms with Crippen molar-refractivity contribution >= 4 is 5.96 Å². The van der Waals surface area contributed by atoms with Crippen molar-refractivity contribution in [2.75, 3.05) is 14.1 Å². The van der Waals surface area contributed by atoms with Crippen LogP contribution in [0.5, 0.6) is 5.75 Å². The van der Waals surface area contributed by atoms with Gasteiger partial charge in [-0.3, -0.25) is 9.98 Å². The lowest BCUT2D eigenvalue weighted by molar-refractivity contribution is -0.0498. The first-order valence-electron chi connectivity index (χ1n) is 7.85. The van der Waals surface area contributed by atoms with Gasteiger partial charge in [0.2, 0.25) is 0 Å². The zero-order valence-corrected chi connectivity index (χ0v) is 14.5. The molecule has 0 atom stereocenters. The largest absolute Gasteiger partial charge is 0.435 e. The lowest BCUT2D eigenvalue weighted by atomic mass is 10.2. The molecule has 1 aromatic carbocycles. The van der Waals surface area contributed by atoms with E-state index in [9.17, 15) is 8.78 Å². The number of hydrogen-bond acceptors (Lipinski definition) is 3. The number of guanidine groups is 1. The maximum Gasteiger partial charge on any atom is 0.387 e.